The van der Waals surface area contributed by atoms with Crippen molar-refractivity contribution in [3.05, 3.63) is 59.6 Å². The fraction of sp³-hybridized carbons (Fsp3) is 0.273. The van der Waals surface area contributed by atoms with Gasteiger partial charge in [-0.15, -0.1) is 0 Å². The molecule has 0 spiro atoms. The fourth-order valence-electron chi connectivity index (χ4n) is 2.72. The highest BCUT2D eigenvalue weighted by Gasteiger charge is 2.24. The van der Waals surface area contributed by atoms with Crippen molar-refractivity contribution in [1.82, 2.24) is 5.43 Å². The molecule has 0 saturated carbocycles. The first-order valence-electron chi connectivity index (χ1n) is 9.83. The fourth-order valence-corrected chi connectivity index (χ4v) is 3.74. The van der Waals surface area contributed by atoms with Crippen LogP contribution in [0.15, 0.2) is 54.2 Å². The van der Waals surface area contributed by atoms with Gasteiger partial charge in [-0.05, 0) is 48.9 Å². The molecule has 2 rings (SSSR count). The van der Waals surface area contributed by atoms with E-state index in [9.17, 15) is 13.2 Å². The van der Waals surface area contributed by atoms with E-state index in [0.29, 0.717) is 35.3 Å². The number of anilines is 1. The molecule has 0 radical (unpaired) electrons. The number of hydrogen-bond acceptors (Lipinski definition) is 7. The molecule has 178 valence electrons. The third kappa shape index (κ3) is 7.69. The lowest BCUT2D eigenvalue weighted by atomic mass is 10.2. The van der Waals surface area contributed by atoms with E-state index in [0.717, 1.165) is 10.6 Å². The molecule has 1 amide bonds. The molecule has 2 aromatic rings. The lowest BCUT2D eigenvalue weighted by Crippen LogP contribution is -2.39. The van der Waals surface area contributed by atoms with Crippen LogP contribution in [-0.4, -0.2) is 53.7 Å². The van der Waals surface area contributed by atoms with Gasteiger partial charge in [0, 0.05) is 5.02 Å². The van der Waals surface area contributed by atoms with Gasteiger partial charge in [0.05, 0.1) is 31.9 Å². The zero-order chi connectivity index (χ0) is 24.4. The van der Waals surface area contributed by atoms with Gasteiger partial charge in [-0.3, -0.25) is 9.10 Å². The molecule has 0 bridgehead atoms. The second-order valence-electron chi connectivity index (χ2n) is 6.62. The van der Waals surface area contributed by atoms with Crippen LogP contribution in [-0.2, 0) is 14.8 Å². The summed E-state index contributed by atoms with van der Waals surface area (Å²) in [5.74, 6) is 0.668. The van der Waals surface area contributed by atoms with E-state index in [1.54, 1.807) is 30.3 Å². The topological polar surface area (TPSA) is 107 Å². The first-order chi connectivity index (χ1) is 15.7. The van der Waals surface area contributed by atoms with E-state index in [1.807, 2.05) is 6.92 Å². The number of halogens is 1. The maximum Gasteiger partial charge on any atom is 0.260 e. The predicted octanol–water partition coefficient (Wildman–Crippen LogP) is 3.23. The molecule has 2 aromatic carbocycles. The number of methoxy groups -OCH3 is 1. The van der Waals surface area contributed by atoms with Crippen LogP contribution in [0.2, 0.25) is 5.02 Å². The van der Waals surface area contributed by atoms with Crippen LogP contribution in [0.4, 0.5) is 5.69 Å². The van der Waals surface area contributed by atoms with E-state index in [1.165, 1.54) is 25.5 Å². The summed E-state index contributed by atoms with van der Waals surface area (Å²) in [6.07, 6.45) is 4.01. The van der Waals surface area contributed by atoms with Gasteiger partial charge in [0.2, 0.25) is 10.0 Å². The minimum atomic E-state index is -3.82. The Labute approximate surface area is 198 Å². The summed E-state index contributed by atoms with van der Waals surface area (Å²) in [6.45, 7) is 5.71. The summed E-state index contributed by atoms with van der Waals surface area (Å²) < 4.78 is 41.9. The zero-order valence-electron chi connectivity index (χ0n) is 18.6. The second kappa shape index (κ2) is 12.1. The lowest BCUT2D eigenvalue weighted by Gasteiger charge is -2.23. The number of nitrogens with one attached hydrogen (secondary N) is 1. The number of carbonyl (C=O) groups excluding carboxylic acids is 1. The first kappa shape index (κ1) is 26.0. The molecule has 0 atom stereocenters. The Morgan fingerprint density at radius 1 is 1.18 bits per heavy atom. The second-order valence-corrected chi connectivity index (χ2v) is 8.96. The van der Waals surface area contributed by atoms with Crippen molar-refractivity contribution < 1.29 is 27.4 Å². The van der Waals surface area contributed by atoms with Gasteiger partial charge in [-0.2, -0.15) is 5.10 Å². The SMILES string of the molecule is C=CCOc1ccc(/C=N\NC(=O)CN(c2cc(Cl)ccc2OC)S(C)(=O)=O)cc1OCC. The molecule has 11 heteroatoms. The van der Waals surface area contributed by atoms with Crippen LogP contribution in [0.5, 0.6) is 17.2 Å². The summed E-state index contributed by atoms with van der Waals surface area (Å²) >= 11 is 6.01. The lowest BCUT2D eigenvalue weighted by molar-refractivity contribution is -0.119. The van der Waals surface area contributed by atoms with Crippen molar-refractivity contribution >= 4 is 39.4 Å². The minimum Gasteiger partial charge on any atom is -0.495 e. The Hall–Kier alpha value is -3.24. The van der Waals surface area contributed by atoms with E-state index in [4.69, 9.17) is 25.8 Å². The van der Waals surface area contributed by atoms with Gasteiger partial charge in [-0.25, -0.2) is 13.8 Å². The quantitative estimate of drug-likeness (QED) is 0.275. The van der Waals surface area contributed by atoms with Gasteiger partial charge in [-0.1, -0.05) is 24.3 Å². The van der Waals surface area contributed by atoms with Crippen molar-refractivity contribution in [3.8, 4) is 17.2 Å². The Kier molecular flexibility index (Phi) is 9.56. The van der Waals surface area contributed by atoms with Crippen molar-refractivity contribution in [2.45, 2.75) is 6.92 Å². The molecule has 33 heavy (non-hydrogen) atoms. The van der Waals surface area contributed by atoms with E-state index < -0.39 is 22.5 Å². The third-order valence-corrected chi connectivity index (χ3v) is 5.49. The number of hydrogen-bond donors (Lipinski definition) is 1. The van der Waals surface area contributed by atoms with Crippen molar-refractivity contribution in [1.29, 1.82) is 0 Å². The van der Waals surface area contributed by atoms with Crippen LogP contribution >= 0.6 is 11.6 Å². The molecule has 0 aliphatic rings. The van der Waals surface area contributed by atoms with Gasteiger partial charge >= 0.3 is 0 Å². The van der Waals surface area contributed by atoms with Crippen molar-refractivity contribution in [2.75, 3.05) is 37.4 Å². The Bertz CT molecular complexity index is 1120. The van der Waals surface area contributed by atoms with E-state index in [-0.39, 0.29) is 11.4 Å². The van der Waals surface area contributed by atoms with Crippen LogP contribution in [0.25, 0.3) is 0 Å². The van der Waals surface area contributed by atoms with E-state index >= 15 is 0 Å². The smallest absolute Gasteiger partial charge is 0.260 e. The molecule has 0 aromatic heterocycles. The standard InChI is InChI=1S/C22H26ClN3O6S/c1-5-11-32-20-9-7-16(12-21(20)31-6-2)14-24-25-22(27)15-26(33(4,28)29)18-13-17(23)8-10-19(18)30-3/h5,7-10,12-14H,1,6,11,15H2,2-4H3,(H,25,27)/b24-14-. The molecule has 0 aliphatic heterocycles. The predicted molar refractivity (Wildman–Crippen MR) is 129 cm³/mol. The molecule has 0 unspecified atom stereocenters. The molecule has 0 fully saturated rings. The Morgan fingerprint density at radius 2 is 1.91 bits per heavy atom. The van der Waals surface area contributed by atoms with Crippen LogP contribution in [0.1, 0.15) is 12.5 Å². The largest absolute Gasteiger partial charge is 0.495 e. The zero-order valence-corrected chi connectivity index (χ0v) is 20.1. The highest BCUT2D eigenvalue weighted by molar-refractivity contribution is 7.92. The van der Waals surface area contributed by atoms with Crippen LogP contribution in [0, 0.1) is 0 Å². The third-order valence-electron chi connectivity index (χ3n) is 4.12. The summed E-state index contributed by atoms with van der Waals surface area (Å²) in [7, 11) is -2.43. The molecule has 0 saturated heterocycles. The van der Waals surface area contributed by atoms with Gasteiger partial charge < -0.3 is 14.2 Å². The molecular formula is C22H26ClN3O6S. The van der Waals surface area contributed by atoms with Gasteiger partial charge in [0.1, 0.15) is 18.9 Å². The summed E-state index contributed by atoms with van der Waals surface area (Å²) in [5, 5.41) is 4.20. The Morgan fingerprint density at radius 3 is 2.55 bits per heavy atom. The molecule has 0 heterocycles. The maximum atomic E-state index is 12.4. The number of benzene rings is 2. The number of amides is 1. The van der Waals surface area contributed by atoms with Crippen LogP contribution < -0.4 is 23.9 Å². The average Bonchev–Trinajstić information content (AvgIpc) is 2.76. The van der Waals surface area contributed by atoms with E-state index in [2.05, 4.69) is 17.1 Å². The highest BCUT2D eigenvalue weighted by Crippen LogP contribution is 2.32. The van der Waals surface area contributed by atoms with Gasteiger partial charge in [0.25, 0.3) is 5.91 Å². The number of ether oxygens (including phenoxy) is 3. The molecule has 9 nitrogen and oxygen atoms in total. The number of hydrazone groups is 1. The monoisotopic (exact) mass is 495 g/mol. The number of rotatable bonds is 12. The first-order valence-corrected chi connectivity index (χ1v) is 12.1. The molecule has 1 N–H and O–H groups in total. The highest BCUT2D eigenvalue weighted by atomic mass is 35.5. The number of carbonyl (C=O) groups is 1. The molecule has 0 aliphatic carbocycles. The van der Waals surface area contributed by atoms with Gasteiger partial charge in [0.15, 0.2) is 11.5 Å². The van der Waals surface area contributed by atoms with Crippen LogP contribution in [0.3, 0.4) is 0 Å². The normalized spacial score (nSPS) is 11.2. The average molecular weight is 496 g/mol. The molecular weight excluding hydrogens is 470 g/mol. The summed E-state index contributed by atoms with van der Waals surface area (Å²) in [4.78, 5) is 12.4. The van der Waals surface area contributed by atoms with Crippen molar-refractivity contribution in [2.24, 2.45) is 5.10 Å². The summed E-state index contributed by atoms with van der Waals surface area (Å²) in [5.41, 5.74) is 3.10. The number of sulfonamides is 1. The van der Waals surface area contributed by atoms with Crippen molar-refractivity contribution in [3.63, 3.8) is 0 Å². The maximum absolute atomic E-state index is 12.4. The minimum absolute atomic E-state index is 0.142. The number of nitrogens with zero attached hydrogens (tertiary/aromatic N) is 2. The Balaban J connectivity index is 2.15. The summed E-state index contributed by atoms with van der Waals surface area (Å²) in [6, 6.07) is 9.63.